The zero-order valence-corrected chi connectivity index (χ0v) is 23.3. The Kier molecular flexibility index (Phi) is 8.36. The first-order valence-electron chi connectivity index (χ1n) is 12.5. The van der Waals surface area contributed by atoms with E-state index in [1.165, 1.54) is 6.08 Å². The first-order valence-corrected chi connectivity index (χ1v) is 12.5. The molecule has 0 aliphatic carbocycles. The van der Waals surface area contributed by atoms with Gasteiger partial charge >= 0.3 is 0 Å². The number of methoxy groups -OCH3 is 2. The number of carbonyl (C=O) groups excluding carboxylic acids is 1. The minimum Gasteiger partial charge on any atom is -0.494 e. The molecule has 0 radical (unpaired) electrons. The van der Waals surface area contributed by atoms with Gasteiger partial charge in [0.05, 0.1) is 37.5 Å². The van der Waals surface area contributed by atoms with Crippen LogP contribution in [0.5, 0.6) is 11.5 Å². The monoisotopic (exact) mass is 529 g/mol. The third kappa shape index (κ3) is 5.96. The summed E-state index contributed by atoms with van der Waals surface area (Å²) in [5, 5.41) is 7.24. The van der Waals surface area contributed by atoms with Gasteiger partial charge in [-0.25, -0.2) is 9.97 Å². The molecule has 204 valence electrons. The van der Waals surface area contributed by atoms with Crippen molar-refractivity contribution in [3.05, 3.63) is 61.4 Å². The minimum absolute atomic E-state index is 0.313. The van der Waals surface area contributed by atoms with Gasteiger partial charge in [0.2, 0.25) is 11.9 Å². The molecule has 4 rings (SSSR count). The molecule has 10 nitrogen and oxygen atoms in total. The quantitative estimate of drug-likeness (QED) is 0.274. The summed E-state index contributed by atoms with van der Waals surface area (Å²) in [5.41, 5.74) is 4.68. The summed E-state index contributed by atoms with van der Waals surface area (Å²) in [7, 11) is 11.2. The summed E-state index contributed by atoms with van der Waals surface area (Å²) in [6.45, 7) is 5.17. The second-order valence-electron chi connectivity index (χ2n) is 9.39. The summed E-state index contributed by atoms with van der Waals surface area (Å²) in [4.78, 5) is 25.7. The van der Waals surface area contributed by atoms with Gasteiger partial charge in [0.1, 0.15) is 11.4 Å². The van der Waals surface area contributed by atoms with Gasteiger partial charge < -0.3 is 34.5 Å². The molecule has 4 aromatic rings. The number of para-hydroxylation sites is 1. The third-order valence-corrected chi connectivity index (χ3v) is 6.43. The Morgan fingerprint density at radius 3 is 2.51 bits per heavy atom. The van der Waals surface area contributed by atoms with Gasteiger partial charge in [-0.2, -0.15) is 0 Å². The van der Waals surface area contributed by atoms with Gasteiger partial charge in [0.15, 0.2) is 5.75 Å². The molecule has 0 spiro atoms. The second kappa shape index (κ2) is 11.9. The van der Waals surface area contributed by atoms with Crippen LogP contribution in [0.2, 0.25) is 0 Å². The van der Waals surface area contributed by atoms with Gasteiger partial charge in [-0.05, 0) is 32.3 Å². The highest BCUT2D eigenvalue weighted by atomic mass is 16.5. The molecule has 39 heavy (non-hydrogen) atoms. The molecular formula is C29H35N7O3. The van der Waals surface area contributed by atoms with Crippen LogP contribution in [0, 0.1) is 0 Å². The maximum absolute atomic E-state index is 12.3. The van der Waals surface area contributed by atoms with Crippen molar-refractivity contribution in [2.75, 3.05) is 64.0 Å². The van der Waals surface area contributed by atoms with E-state index < -0.39 is 0 Å². The van der Waals surface area contributed by atoms with Crippen LogP contribution in [0.3, 0.4) is 0 Å². The Morgan fingerprint density at radius 1 is 1.08 bits per heavy atom. The normalized spacial score (nSPS) is 10.9. The average molecular weight is 530 g/mol. The van der Waals surface area contributed by atoms with Gasteiger partial charge in [-0.1, -0.05) is 24.8 Å². The van der Waals surface area contributed by atoms with Crippen LogP contribution >= 0.6 is 0 Å². The molecule has 10 heteroatoms. The van der Waals surface area contributed by atoms with E-state index >= 15 is 0 Å². The molecule has 0 bridgehead atoms. The van der Waals surface area contributed by atoms with Crippen LogP contribution in [-0.4, -0.2) is 73.8 Å². The van der Waals surface area contributed by atoms with E-state index in [1.807, 2.05) is 58.7 Å². The molecule has 2 aromatic carbocycles. The van der Waals surface area contributed by atoms with Crippen molar-refractivity contribution in [3.63, 3.8) is 0 Å². The van der Waals surface area contributed by atoms with Crippen LogP contribution in [0.4, 0.5) is 23.0 Å². The lowest BCUT2D eigenvalue weighted by Gasteiger charge is -2.26. The number of carbonyl (C=O) groups is 1. The zero-order valence-electron chi connectivity index (χ0n) is 23.3. The number of ether oxygens (including phenoxy) is 2. The molecule has 0 saturated carbocycles. The molecule has 2 heterocycles. The Labute approximate surface area is 228 Å². The number of nitrogens with one attached hydrogen (secondary N) is 2. The maximum Gasteiger partial charge on any atom is 0.247 e. The Balaban J connectivity index is 1.76. The van der Waals surface area contributed by atoms with E-state index in [2.05, 4.69) is 48.7 Å². The number of hydrogen-bond acceptors (Lipinski definition) is 8. The van der Waals surface area contributed by atoms with Crippen molar-refractivity contribution in [1.29, 1.82) is 0 Å². The Hall–Kier alpha value is -4.57. The number of benzene rings is 2. The lowest BCUT2D eigenvalue weighted by Crippen LogP contribution is -2.29. The number of fused-ring (bicyclic) bond motifs is 1. The molecular weight excluding hydrogens is 494 g/mol. The Bertz CT molecular complexity index is 1500. The number of anilines is 4. The third-order valence-electron chi connectivity index (χ3n) is 6.43. The lowest BCUT2D eigenvalue weighted by atomic mass is 10.1. The van der Waals surface area contributed by atoms with E-state index in [-0.39, 0.29) is 5.91 Å². The number of likely N-dealkylation sites (N-methyl/N-ethyl adjacent to an activating group) is 2. The average Bonchev–Trinajstić information content (AvgIpc) is 3.28. The molecule has 0 aliphatic rings. The van der Waals surface area contributed by atoms with Gasteiger partial charge in [-0.15, -0.1) is 0 Å². The van der Waals surface area contributed by atoms with Crippen LogP contribution in [0.25, 0.3) is 22.2 Å². The summed E-state index contributed by atoms with van der Waals surface area (Å²) < 4.78 is 13.4. The second-order valence-corrected chi connectivity index (χ2v) is 9.39. The summed E-state index contributed by atoms with van der Waals surface area (Å²) in [6.07, 6.45) is 4.91. The maximum atomic E-state index is 12.3. The van der Waals surface area contributed by atoms with Gasteiger partial charge in [0.25, 0.3) is 0 Å². The first kappa shape index (κ1) is 27.5. The molecule has 0 unspecified atom stereocenters. The van der Waals surface area contributed by atoms with Gasteiger partial charge in [-0.3, -0.25) is 4.79 Å². The minimum atomic E-state index is -0.313. The zero-order chi connectivity index (χ0) is 28.1. The van der Waals surface area contributed by atoms with Gasteiger partial charge in [0, 0.05) is 55.9 Å². The van der Waals surface area contributed by atoms with Crippen molar-refractivity contribution in [2.45, 2.75) is 0 Å². The number of hydrogen-bond donors (Lipinski definition) is 2. The fourth-order valence-corrected chi connectivity index (χ4v) is 4.33. The predicted octanol–water partition coefficient (Wildman–Crippen LogP) is 4.52. The highest BCUT2D eigenvalue weighted by Gasteiger charge is 2.19. The fraction of sp³-hybridized carbons (Fsp3) is 0.276. The number of nitrogens with zero attached hydrogens (tertiary/aromatic N) is 5. The lowest BCUT2D eigenvalue weighted by molar-refractivity contribution is -0.111. The smallest absolute Gasteiger partial charge is 0.247 e. The van der Waals surface area contributed by atoms with E-state index in [4.69, 9.17) is 14.5 Å². The molecule has 0 aliphatic heterocycles. The summed E-state index contributed by atoms with van der Waals surface area (Å²) >= 11 is 0. The molecule has 2 aromatic heterocycles. The largest absolute Gasteiger partial charge is 0.494 e. The van der Waals surface area contributed by atoms with Crippen molar-refractivity contribution < 1.29 is 14.3 Å². The van der Waals surface area contributed by atoms with E-state index in [1.54, 1.807) is 20.4 Å². The molecule has 0 fully saturated rings. The number of aryl methyl sites for hydroxylation is 1. The van der Waals surface area contributed by atoms with Crippen molar-refractivity contribution >= 4 is 39.8 Å². The molecule has 1 amide bonds. The van der Waals surface area contributed by atoms with Crippen LogP contribution in [-0.2, 0) is 11.8 Å². The number of aromatic nitrogens is 3. The van der Waals surface area contributed by atoms with E-state index in [9.17, 15) is 4.79 Å². The molecule has 0 atom stereocenters. The number of rotatable bonds is 11. The van der Waals surface area contributed by atoms with E-state index in [0.29, 0.717) is 34.5 Å². The van der Waals surface area contributed by atoms with Crippen LogP contribution < -0.4 is 25.0 Å². The fourth-order valence-electron chi connectivity index (χ4n) is 4.33. The van der Waals surface area contributed by atoms with Crippen molar-refractivity contribution in [2.24, 2.45) is 7.05 Å². The number of amides is 1. The van der Waals surface area contributed by atoms with Crippen molar-refractivity contribution in [3.8, 4) is 22.8 Å². The highest BCUT2D eigenvalue weighted by Crippen LogP contribution is 2.39. The highest BCUT2D eigenvalue weighted by molar-refractivity contribution is 6.02. The Morgan fingerprint density at radius 2 is 1.82 bits per heavy atom. The first-order chi connectivity index (χ1) is 18.7. The van der Waals surface area contributed by atoms with Crippen LogP contribution in [0.1, 0.15) is 0 Å². The van der Waals surface area contributed by atoms with Crippen molar-refractivity contribution in [1.82, 2.24) is 19.4 Å². The molecule has 0 saturated heterocycles. The van der Waals surface area contributed by atoms with E-state index in [0.717, 1.165) is 35.2 Å². The molecule has 2 N–H and O–H groups in total. The SMILES string of the molecule is C=CC(=O)Nc1cc(Nc2ncc(OC)c(-c3cn(C)c4ccccc34)n2)c(OC)cc1N(C)CCN(C)C. The standard InChI is InChI=1S/C29H35N7O3/c1-8-27(37)31-21-15-22(25(38-6)16-24(21)35(4)14-13-34(2)3)32-29-30-17-26(39-7)28(33-29)20-18-36(5)23-12-10-9-11-19(20)23/h8-12,15-18H,1,13-14H2,2-7H3,(H,31,37)(H,30,32,33). The summed E-state index contributed by atoms with van der Waals surface area (Å²) in [6, 6.07) is 11.8. The summed E-state index contributed by atoms with van der Waals surface area (Å²) in [5.74, 6) is 1.17. The topological polar surface area (TPSA) is 96.8 Å². The predicted molar refractivity (Wildman–Crippen MR) is 157 cm³/mol. The van der Waals surface area contributed by atoms with Crippen LogP contribution in [0.15, 0.2) is 61.4 Å².